The Morgan fingerprint density at radius 3 is 2.67 bits per heavy atom. The van der Waals surface area contributed by atoms with Crippen molar-refractivity contribution in [2.75, 3.05) is 18.4 Å². The zero-order chi connectivity index (χ0) is 15.2. The molecule has 2 rings (SSSR count). The molecule has 3 amide bonds. The zero-order valence-electron chi connectivity index (χ0n) is 12.6. The van der Waals surface area contributed by atoms with E-state index in [1.165, 1.54) is 0 Å². The van der Waals surface area contributed by atoms with E-state index in [2.05, 4.69) is 24.5 Å². The Balaban J connectivity index is 1.94. The minimum absolute atomic E-state index is 0.0515. The second kappa shape index (κ2) is 7.11. The van der Waals surface area contributed by atoms with Crippen molar-refractivity contribution in [3.63, 3.8) is 0 Å². The molecule has 2 N–H and O–H groups in total. The summed E-state index contributed by atoms with van der Waals surface area (Å²) in [5, 5.41) is 5.75. The third kappa shape index (κ3) is 4.21. The monoisotopic (exact) mass is 289 g/mol. The van der Waals surface area contributed by atoms with Gasteiger partial charge >= 0.3 is 6.03 Å². The fourth-order valence-electron chi connectivity index (χ4n) is 2.42. The van der Waals surface area contributed by atoms with Gasteiger partial charge in [0.15, 0.2) is 0 Å². The van der Waals surface area contributed by atoms with Crippen molar-refractivity contribution in [1.82, 2.24) is 10.2 Å². The lowest BCUT2D eigenvalue weighted by atomic mass is 10.2. The Bertz CT molecular complexity index is 488. The molecule has 1 aliphatic heterocycles. The van der Waals surface area contributed by atoms with Crippen molar-refractivity contribution in [3.8, 4) is 0 Å². The number of carbonyl (C=O) groups excluding carboxylic acids is 2. The van der Waals surface area contributed by atoms with Gasteiger partial charge in [-0.25, -0.2) is 4.79 Å². The first-order chi connectivity index (χ1) is 10.1. The highest BCUT2D eigenvalue weighted by molar-refractivity contribution is 5.94. The average molecular weight is 289 g/mol. The molecule has 0 spiro atoms. The van der Waals surface area contributed by atoms with Gasteiger partial charge in [-0.15, -0.1) is 0 Å². The Hall–Kier alpha value is -2.04. The first kappa shape index (κ1) is 15.4. The first-order valence-electron chi connectivity index (χ1n) is 7.48. The molecule has 21 heavy (non-hydrogen) atoms. The standard InChI is InChI=1S/C16H23N3O2/c1-12(2)11-17-15(20)14-9-6-10-19(14)16(21)18-13-7-4-3-5-8-13/h3-5,7-8,12,14H,6,9-11H2,1-2H3,(H,17,20)(H,18,21)/t14-/m1/s1. The number of rotatable bonds is 4. The van der Waals surface area contributed by atoms with Crippen molar-refractivity contribution in [2.24, 2.45) is 5.92 Å². The van der Waals surface area contributed by atoms with Gasteiger partial charge < -0.3 is 15.5 Å². The summed E-state index contributed by atoms with van der Waals surface area (Å²) in [4.78, 5) is 26.1. The maximum absolute atomic E-state index is 12.3. The highest BCUT2D eigenvalue weighted by Crippen LogP contribution is 2.19. The highest BCUT2D eigenvalue weighted by atomic mass is 16.2. The Labute approximate surface area is 125 Å². The predicted octanol–water partition coefficient (Wildman–Crippen LogP) is 2.46. The molecule has 0 saturated carbocycles. The van der Waals surface area contributed by atoms with E-state index in [1.807, 2.05) is 30.3 Å². The average Bonchev–Trinajstić information content (AvgIpc) is 2.95. The topological polar surface area (TPSA) is 61.4 Å². The summed E-state index contributed by atoms with van der Waals surface area (Å²) in [5.74, 6) is 0.353. The summed E-state index contributed by atoms with van der Waals surface area (Å²) < 4.78 is 0. The molecule has 1 fully saturated rings. The second-order valence-electron chi connectivity index (χ2n) is 5.79. The number of amides is 3. The lowest BCUT2D eigenvalue weighted by Gasteiger charge is -2.24. The van der Waals surface area contributed by atoms with E-state index >= 15 is 0 Å². The Morgan fingerprint density at radius 1 is 1.29 bits per heavy atom. The van der Waals surface area contributed by atoms with Crippen LogP contribution in [0.3, 0.4) is 0 Å². The highest BCUT2D eigenvalue weighted by Gasteiger charge is 2.33. The second-order valence-corrected chi connectivity index (χ2v) is 5.79. The largest absolute Gasteiger partial charge is 0.354 e. The van der Waals surface area contributed by atoms with E-state index in [9.17, 15) is 9.59 Å². The van der Waals surface area contributed by atoms with Gasteiger partial charge in [0.25, 0.3) is 0 Å². The van der Waals surface area contributed by atoms with E-state index in [0.29, 0.717) is 19.0 Å². The molecule has 1 heterocycles. The molecule has 0 aliphatic carbocycles. The molecule has 5 nitrogen and oxygen atoms in total. The number of likely N-dealkylation sites (tertiary alicyclic amines) is 1. The van der Waals surface area contributed by atoms with Crippen LogP contribution in [0.2, 0.25) is 0 Å². The molecule has 1 atom stereocenters. The van der Waals surface area contributed by atoms with Gasteiger partial charge in [-0.1, -0.05) is 32.0 Å². The molecular weight excluding hydrogens is 266 g/mol. The molecule has 0 aromatic heterocycles. The minimum Gasteiger partial charge on any atom is -0.354 e. The van der Waals surface area contributed by atoms with Crippen molar-refractivity contribution in [3.05, 3.63) is 30.3 Å². The number of hydrogen-bond acceptors (Lipinski definition) is 2. The third-order valence-electron chi connectivity index (χ3n) is 3.53. The smallest absolute Gasteiger partial charge is 0.322 e. The van der Waals surface area contributed by atoms with E-state index in [0.717, 1.165) is 18.5 Å². The number of hydrogen-bond donors (Lipinski definition) is 2. The summed E-state index contributed by atoms with van der Waals surface area (Å²) in [6.07, 6.45) is 1.59. The number of nitrogens with zero attached hydrogens (tertiary/aromatic N) is 1. The predicted molar refractivity (Wildman–Crippen MR) is 83.0 cm³/mol. The van der Waals surface area contributed by atoms with Crippen LogP contribution in [0, 0.1) is 5.92 Å². The van der Waals surface area contributed by atoms with Crippen LogP contribution in [0.15, 0.2) is 30.3 Å². The molecule has 1 aliphatic rings. The molecular formula is C16H23N3O2. The SMILES string of the molecule is CC(C)CNC(=O)[C@H]1CCCN1C(=O)Nc1ccccc1. The number of anilines is 1. The van der Waals surface area contributed by atoms with Gasteiger partial charge in [0.05, 0.1) is 0 Å². The number of nitrogens with one attached hydrogen (secondary N) is 2. The Kier molecular flexibility index (Phi) is 5.20. The number of para-hydroxylation sites is 1. The van der Waals surface area contributed by atoms with E-state index in [4.69, 9.17) is 0 Å². The van der Waals surface area contributed by atoms with Crippen LogP contribution in [0.25, 0.3) is 0 Å². The lowest BCUT2D eigenvalue weighted by Crippen LogP contribution is -2.48. The fraction of sp³-hybridized carbons (Fsp3) is 0.500. The number of benzene rings is 1. The molecule has 1 aromatic rings. The first-order valence-corrected chi connectivity index (χ1v) is 7.48. The van der Waals surface area contributed by atoms with Crippen LogP contribution >= 0.6 is 0 Å². The van der Waals surface area contributed by atoms with Crippen LogP contribution in [0.1, 0.15) is 26.7 Å². The van der Waals surface area contributed by atoms with Crippen LogP contribution in [-0.4, -0.2) is 36.0 Å². The molecule has 0 radical (unpaired) electrons. The van der Waals surface area contributed by atoms with Crippen LogP contribution in [0.4, 0.5) is 10.5 Å². The summed E-state index contributed by atoms with van der Waals surface area (Å²) in [6, 6.07) is 8.74. The van der Waals surface area contributed by atoms with Gasteiger partial charge in [-0.2, -0.15) is 0 Å². The molecule has 0 unspecified atom stereocenters. The Morgan fingerprint density at radius 2 is 2.00 bits per heavy atom. The number of carbonyl (C=O) groups is 2. The van der Waals surface area contributed by atoms with Crippen molar-refractivity contribution >= 4 is 17.6 Å². The van der Waals surface area contributed by atoms with Crippen LogP contribution in [-0.2, 0) is 4.79 Å². The summed E-state index contributed by atoms with van der Waals surface area (Å²) in [5.41, 5.74) is 0.746. The summed E-state index contributed by atoms with van der Waals surface area (Å²) in [6.45, 7) is 5.37. The quantitative estimate of drug-likeness (QED) is 0.894. The lowest BCUT2D eigenvalue weighted by molar-refractivity contribution is -0.124. The molecule has 5 heteroatoms. The van der Waals surface area contributed by atoms with Crippen molar-refractivity contribution < 1.29 is 9.59 Å². The van der Waals surface area contributed by atoms with Gasteiger partial charge in [0, 0.05) is 18.8 Å². The fourth-order valence-corrected chi connectivity index (χ4v) is 2.42. The summed E-state index contributed by atoms with van der Waals surface area (Å²) >= 11 is 0. The zero-order valence-corrected chi connectivity index (χ0v) is 12.6. The van der Waals surface area contributed by atoms with Crippen molar-refractivity contribution in [2.45, 2.75) is 32.7 Å². The van der Waals surface area contributed by atoms with Gasteiger partial charge in [-0.05, 0) is 30.9 Å². The molecule has 1 saturated heterocycles. The number of urea groups is 1. The van der Waals surface area contributed by atoms with E-state index in [-0.39, 0.29) is 18.0 Å². The van der Waals surface area contributed by atoms with Crippen LogP contribution in [0.5, 0.6) is 0 Å². The summed E-state index contributed by atoms with van der Waals surface area (Å²) in [7, 11) is 0. The molecule has 0 bridgehead atoms. The maximum atomic E-state index is 12.3. The van der Waals surface area contributed by atoms with Crippen molar-refractivity contribution in [1.29, 1.82) is 0 Å². The normalized spacial score (nSPS) is 17.9. The molecule has 114 valence electrons. The third-order valence-corrected chi connectivity index (χ3v) is 3.53. The minimum atomic E-state index is -0.354. The maximum Gasteiger partial charge on any atom is 0.322 e. The molecule has 1 aromatic carbocycles. The van der Waals surface area contributed by atoms with E-state index < -0.39 is 0 Å². The van der Waals surface area contributed by atoms with Gasteiger partial charge in [0.2, 0.25) is 5.91 Å². The van der Waals surface area contributed by atoms with Gasteiger partial charge in [-0.3, -0.25) is 4.79 Å². The van der Waals surface area contributed by atoms with E-state index in [1.54, 1.807) is 4.90 Å². The van der Waals surface area contributed by atoms with Gasteiger partial charge in [0.1, 0.15) is 6.04 Å². The van der Waals surface area contributed by atoms with Crippen LogP contribution < -0.4 is 10.6 Å².